The van der Waals surface area contributed by atoms with Gasteiger partial charge < -0.3 is 5.32 Å². The molecule has 0 saturated heterocycles. The van der Waals surface area contributed by atoms with E-state index in [-0.39, 0.29) is 11.9 Å². The van der Waals surface area contributed by atoms with Crippen LogP contribution >= 0.6 is 11.3 Å². The summed E-state index contributed by atoms with van der Waals surface area (Å²) in [5, 5.41) is 12.8. The molecule has 1 aromatic heterocycles. The Balaban J connectivity index is 2.20. The number of aromatic nitrogens is 2. The predicted molar refractivity (Wildman–Crippen MR) is 67.7 cm³/mol. The van der Waals surface area contributed by atoms with Crippen LogP contribution in [0.1, 0.15) is 30.0 Å². The van der Waals surface area contributed by atoms with Gasteiger partial charge in [-0.15, -0.1) is 10.2 Å². The van der Waals surface area contributed by atoms with Gasteiger partial charge in [-0.25, -0.2) is 4.39 Å². The molecule has 0 spiro atoms. The van der Waals surface area contributed by atoms with Crippen molar-refractivity contribution in [2.75, 3.05) is 5.32 Å². The molecule has 3 nitrogen and oxygen atoms in total. The van der Waals surface area contributed by atoms with Gasteiger partial charge in [0.15, 0.2) is 0 Å². The number of rotatable bonds is 4. The number of benzene rings is 1. The zero-order valence-corrected chi connectivity index (χ0v) is 10.6. The number of aryl methyl sites for hydroxylation is 1. The van der Waals surface area contributed by atoms with Crippen LogP contribution in [0.25, 0.3) is 0 Å². The fraction of sp³-hybridized carbons (Fsp3) is 0.333. The maximum Gasteiger partial charge on any atom is 0.206 e. The summed E-state index contributed by atoms with van der Waals surface area (Å²) in [5.41, 5.74) is 0.669. The molecule has 0 bridgehead atoms. The number of nitrogens with zero attached hydrogens (tertiary/aromatic N) is 2. The van der Waals surface area contributed by atoms with Crippen LogP contribution in [0.2, 0.25) is 0 Å². The number of hydrogen-bond donors (Lipinski definition) is 1. The van der Waals surface area contributed by atoms with Gasteiger partial charge in [0.05, 0.1) is 6.04 Å². The van der Waals surface area contributed by atoms with E-state index in [9.17, 15) is 4.39 Å². The van der Waals surface area contributed by atoms with Gasteiger partial charge in [0.2, 0.25) is 5.13 Å². The highest BCUT2D eigenvalue weighted by atomic mass is 32.1. The summed E-state index contributed by atoms with van der Waals surface area (Å²) in [6, 6.07) is 6.74. The molecule has 1 atom stereocenters. The first-order valence-corrected chi connectivity index (χ1v) is 6.33. The van der Waals surface area contributed by atoms with Crippen LogP contribution in [-0.4, -0.2) is 10.2 Å². The highest BCUT2D eigenvalue weighted by Crippen LogP contribution is 2.26. The van der Waals surface area contributed by atoms with Gasteiger partial charge in [0.25, 0.3) is 0 Å². The molecule has 1 N–H and O–H groups in total. The molecule has 17 heavy (non-hydrogen) atoms. The van der Waals surface area contributed by atoms with E-state index in [2.05, 4.69) is 15.5 Å². The zero-order chi connectivity index (χ0) is 12.3. The Morgan fingerprint density at radius 1 is 1.35 bits per heavy atom. The Bertz CT molecular complexity index is 498. The van der Waals surface area contributed by atoms with Crippen LogP contribution in [0.15, 0.2) is 24.3 Å². The van der Waals surface area contributed by atoms with Crippen molar-refractivity contribution >= 4 is 16.5 Å². The predicted octanol–water partition coefficient (Wildman–Crippen LogP) is 3.55. The highest BCUT2D eigenvalue weighted by Gasteiger charge is 2.14. The van der Waals surface area contributed by atoms with Gasteiger partial charge >= 0.3 is 0 Å². The third-order valence-electron chi connectivity index (χ3n) is 2.51. The summed E-state index contributed by atoms with van der Waals surface area (Å²) in [5.74, 6) is -0.187. The zero-order valence-electron chi connectivity index (χ0n) is 9.77. The molecule has 1 aromatic carbocycles. The Labute approximate surface area is 104 Å². The van der Waals surface area contributed by atoms with Gasteiger partial charge in [0.1, 0.15) is 10.8 Å². The Morgan fingerprint density at radius 2 is 2.12 bits per heavy atom. The van der Waals surface area contributed by atoms with Crippen LogP contribution in [-0.2, 0) is 0 Å². The topological polar surface area (TPSA) is 37.8 Å². The number of hydrogen-bond acceptors (Lipinski definition) is 4. The number of anilines is 1. The molecular weight excluding hydrogens is 237 g/mol. The van der Waals surface area contributed by atoms with Crippen molar-refractivity contribution in [2.45, 2.75) is 26.3 Å². The van der Waals surface area contributed by atoms with Crippen LogP contribution in [0.5, 0.6) is 0 Å². The van der Waals surface area contributed by atoms with E-state index in [4.69, 9.17) is 0 Å². The molecule has 0 fully saturated rings. The number of halogens is 1. The fourth-order valence-electron chi connectivity index (χ4n) is 1.66. The minimum Gasteiger partial charge on any atom is -0.353 e. The normalized spacial score (nSPS) is 12.4. The van der Waals surface area contributed by atoms with Crippen molar-refractivity contribution in [1.82, 2.24) is 10.2 Å². The van der Waals surface area contributed by atoms with Gasteiger partial charge in [-0.3, -0.25) is 0 Å². The van der Waals surface area contributed by atoms with Gasteiger partial charge in [-0.05, 0) is 19.4 Å². The Hall–Kier alpha value is -1.49. The molecule has 0 aliphatic rings. The molecule has 0 aliphatic carbocycles. The third-order valence-corrected chi connectivity index (χ3v) is 3.28. The molecule has 0 amide bonds. The first kappa shape index (κ1) is 12.0. The van der Waals surface area contributed by atoms with E-state index < -0.39 is 0 Å². The Morgan fingerprint density at radius 3 is 2.71 bits per heavy atom. The summed E-state index contributed by atoms with van der Waals surface area (Å²) in [4.78, 5) is 0. The average molecular weight is 251 g/mol. The van der Waals surface area contributed by atoms with Gasteiger partial charge in [0, 0.05) is 5.56 Å². The highest BCUT2D eigenvalue weighted by molar-refractivity contribution is 7.15. The number of nitrogens with one attached hydrogen (secondary N) is 1. The lowest BCUT2D eigenvalue weighted by atomic mass is 10.0. The van der Waals surface area contributed by atoms with E-state index in [1.54, 1.807) is 12.1 Å². The summed E-state index contributed by atoms with van der Waals surface area (Å²) in [6.07, 6.45) is 0.791. The van der Waals surface area contributed by atoms with Crippen molar-refractivity contribution in [3.8, 4) is 0 Å². The lowest BCUT2D eigenvalue weighted by Crippen LogP contribution is -2.11. The molecule has 0 saturated carbocycles. The lowest BCUT2D eigenvalue weighted by Gasteiger charge is -2.16. The van der Waals surface area contributed by atoms with Crippen LogP contribution in [0, 0.1) is 12.7 Å². The molecule has 2 aromatic rings. The molecule has 0 radical (unpaired) electrons. The van der Waals surface area contributed by atoms with Crippen molar-refractivity contribution in [1.29, 1.82) is 0 Å². The molecule has 1 unspecified atom stereocenters. The van der Waals surface area contributed by atoms with Gasteiger partial charge in [-0.1, -0.05) is 36.5 Å². The summed E-state index contributed by atoms with van der Waals surface area (Å²) >= 11 is 1.48. The molecule has 90 valence electrons. The van der Waals surface area contributed by atoms with Gasteiger partial charge in [-0.2, -0.15) is 0 Å². The molecular formula is C12H14FN3S. The second kappa shape index (κ2) is 5.23. The average Bonchev–Trinajstić information content (AvgIpc) is 2.73. The maximum atomic E-state index is 13.7. The second-order valence-electron chi connectivity index (χ2n) is 3.75. The lowest BCUT2D eigenvalue weighted by molar-refractivity contribution is 0.587. The quantitative estimate of drug-likeness (QED) is 0.903. The molecule has 1 heterocycles. The SMILES string of the molecule is CCC(Nc1nnc(C)s1)c1ccccc1F. The van der Waals surface area contributed by atoms with Crippen LogP contribution in [0.3, 0.4) is 0 Å². The molecule has 2 rings (SSSR count). The second-order valence-corrected chi connectivity index (χ2v) is 4.93. The van der Waals surface area contributed by atoms with E-state index in [0.29, 0.717) is 5.56 Å². The van der Waals surface area contributed by atoms with E-state index in [0.717, 1.165) is 16.6 Å². The fourth-order valence-corrected chi connectivity index (χ4v) is 2.31. The Kier molecular flexibility index (Phi) is 3.68. The standard InChI is InChI=1S/C12H14FN3S/c1-3-11(9-6-4-5-7-10(9)13)14-12-16-15-8(2)17-12/h4-7,11H,3H2,1-2H3,(H,14,16). The summed E-state index contributed by atoms with van der Waals surface area (Å²) < 4.78 is 13.7. The van der Waals surface area contributed by atoms with Crippen molar-refractivity contribution < 1.29 is 4.39 Å². The summed E-state index contributed by atoms with van der Waals surface area (Å²) in [7, 11) is 0. The molecule has 5 heteroatoms. The minimum atomic E-state index is -0.187. The smallest absolute Gasteiger partial charge is 0.206 e. The van der Waals surface area contributed by atoms with Crippen molar-refractivity contribution in [3.05, 3.63) is 40.7 Å². The first-order chi connectivity index (χ1) is 8.20. The van der Waals surface area contributed by atoms with E-state index >= 15 is 0 Å². The maximum absolute atomic E-state index is 13.7. The minimum absolute atomic E-state index is 0.0662. The summed E-state index contributed by atoms with van der Waals surface area (Å²) in [6.45, 7) is 3.91. The van der Waals surface area contributed by atoms with Crippen LogP contribution < -0.4 is 5.32 Å². The van der Waals surface area contributed by atoms with Crippen molar-refractivity contribution in [3.63, 3.8) is 0 Å². The van der Waals surface area contributed by atoms with E-state index in [1.807, 2.05) is 19.9 Å². The monoisotopic (exact) mass is 251 g/mol. The molecule has 0 aliphatic heterocycles. The first-order valence-electron chi connectivity index (χ1n) is 5.51. The van der Waals surface area contributed by atoms with Crippen LogP contribution in [0.4, 0.5) is 9.52 Å². The van der Waals surface area contributed by atoms with Crippen molar-refractivity contribution in [2.24, 2.45) is 0 Å². The largest absolute Gasteiger partial charge is 0.353 e. The van der Waals surface area contributed by atoms with E-state index in [1.165, 1.54) is 17.4 Å². The third kappa shape index (κ3) is 2.79.